The molecule has 2 aromatic heterocycles. The first-order valence-electron chi connectivity index (χ1n) is 7.47. The molecule has 4 rings (SSSR count). The minimum atomic E-state index is -0.273. The van der Waals surface area contributed by atoms with Crippen molar-refractivity contribution in [2.45, 2.75) is 0 Å². The Morgan fingerprint density at radius 3 is 2.80 bits per heavy atom. The molecular weight excluding hydrogens is 338 g/mol. The van der Waals surface area contributed by atoms with E-state index in [1.807, 2.05) is 48.5 Å². The Labute approximate surface area is 147 Å². The van der Waals surface area contributed by atoms with Crippen molar-refractivity contribution in [3.05, 3.63) is 54.2 Å². The zero-order valence-corrected chi connectivity index (χ0v) is 14.0. The molecular formula is C18H13N3O3S. The van der Waals surface area contributed by atoms with Gasteiger partial charge in [-0.05, 0) is 30.3 Å². The minimum absolute atomic E-state index is 0.260. The monoisotopic (exact) mass is 351 g/mol. The van der Waals surface area contributed by atoms with Gasteiger partial charge in [-0.2, -0.15) is 0 Å². The van der Waals surface area contributed by atoms with Crippen LogP contribution in [0.3, 0.4) is 0 Å². The van der Waals surface area contributed by atoms with E-state index in [4.69, 9.17) is 9.15 Å². The number of aliphatic imine (C=N–C) groups is 1. The topological polar surface area (TPSA) is 80.7 Å². The molecule has 25 heavy (non-hydrogen) atoms. The third-order valence-electron chi connectivity index (χ3n) is 3.54. The van der Waals surface area contributed by atoms with Crippen LogP contribution in [0.4, 0.5) is 5.13 Å². The van der Waals surface area contributed by atoms with E-state index in [2.05, 4.69) is 15.0 Å². The highest BCUT2D eigenvalue weighted by Crippen LogP contribution is 2.31. The summed E-state index contributed by atoms with van der Waals surface area (Å²) in [4.78, 5) is 13.0. The van der Waals surface area contributed by atoms with E-state index >= 15 is 0 Å². The van der Waals surface area contributed by atoms with Crippen LogP contribution < -0.4 is 4.74 Å². The standard InChI is InChI=1S/C18H13N3O3S/c1-23-12-7-8-13-15(9-12)25-18(21-13)19-10-14-17(22)24-16(20-14)11-5-3-2-4-6-11/h2-10,22H,1H3/b19-10+. The van der Waals surface area contributed by atoms with E-state index in [0.717, 1.165) is 21.5 Å². The molecule has 2 aromatic carbocycles. The van der Waals surface area contributed by atoms with Crippen LogP contribution in [0.15, 0.2) is 57.9 Å². The van der Waals surface area contributed by atoms with Gasteiger partial charge in [0.2, 0.25) is 11.0 Å². The molecule has 0 atom stereocenters. The van der Waals surface area contributed by atoms with Gasteiger partial charge in [-0.25, -0.2) is 15.0 Å². The molecule has 0 fully saturated rings. The van der Waals surface area contributed by atoms with Gasteiger partial charge in [-0.3, -0.25) is 0 Å². The van der Waals surface area contributed by atoms with Gasteiger partial charge in [-0.15, -0.1) is 0 Å². The Balaban J connectivity index is 1.62. The van der Waals surface area contributed by atoms with Crippen LogP contribution in [0.1, 0.15) is 5.69 Å². The van der Waals surface area contributed by atoms with Crippen molar-refractivity contribution in [3.63, 3.8) is 0 Å². The van der Waals surface area contributed by atoms with Crippen molar-refractivity contribution in [2.75, 3.05) is 7.11 Å². The van der Waals surface area contributed by atoms with Crippen molar-refractivity contribution < 1.29 is 14.3 Å². The first kappa shape index (κ1) is 15.3. The maximum Gasteiger partial charge on any atom is 0.312 e. The number of ether oxygens (including phenoxy) is 1. The molecule has 0 aliphatic rings. The molecule has 0 unspecified atom stereocenters. The van der Waals surface area contributed by atoms with Crippen LogP contribution in [-0.4, -0.2) is 28.4 Å². The lowest BCUT2D eigenvalue weighted by Crippen LogP contribution is -1.82. The van der Waals surface area contributed by atoms with E-state index in [1.165, 1.54) is 17.6 Å². The van der Waals surface area contributed by atoms with Crippen molar-refractivity contribution in [1.82, 2.24) is 9.97 Å². The van der Waals surface area contributed by atoms with E-state index < -0.39 is 0 Å². The number of rotatable bonds is 4. The Morgan fingerprint density at radius 2 is 2.00 bits per heavy atom. The largest absolute Gasteiger partial charge is 0.497 e. The van der Waals surface area contributed by atoms with E-state index in [0.29, 0.717) is 11.0 Å². The molecule has 2 heterocycles. The van der Waals surface area contributed by atoms with Gasteiger partial charge in [0.25, 0.3) is 0 Å². The number of methoxy groups -OCH3 is 1. The number of aromatic hydroxyl groups is 1. The summed E-state index contributed by atoms with van der Waals surface area (Å²) in [6.45, 7) is 0. The van der Waals surface area contributed by atoms with Crippen molar-refractivity contribution in [3.8, 4) is 23.1 Å². The minimum Gasteiger partial charge on any atom is -0.497 e. The summed E-state index contributed by atoms with van der Waals surface area (Å²) in [6, 6.07) is 15.0. The van der Waals surface area contributed by atoms with Crippen LogP contribution in [0, 0.1) is 0 Å². The van der Waals surface area contributed by atoms with Gasteiger partial charge >= 0.3 is 5.95 Å². The fourth-order valence-corrected chi connectivity index (χ4v) is 3.14. The second-order valence-corrected chi connectivity index (χ2v) is 6.17. The Bertz CT molecular complexity index is 1050. The van der Waals surface area contributed by atoms with Crippen LogP contribution >= 0.6 is 11.3 Å². The fourth-order valence-electron chi connectivity index (χ4n) is 2.30. The zero-order valence-electron chi connectivity index (χ0n) is 13.2. The maximum atomic E-state index is 9.92. The van der Waals surface area contributed by atoms with Gasteiger partial charge in [0, 0.05) is 5.56 Å². The summed E-state index contributed by atoms with van der Waals surface area (Å²) in [7, 11) is 1.62. The molecule has 0 amide bonds. The third-order valence-corrected chi connectivity index (χ3v) is 4.46. The quantitative estimate of drug-likeness (QED) is 0.551. The highest BCUT2D eigenvalue weighted by molar-refractivity contribution is 7.22. The summed E-state index contributed by atoms with van der Waals surface area (Å²) in [6.07, 6.45) is 1.44. The van der Waals surface area contributed by atoms with Crippen molar-refractivity contribution in [1.29, 1.82) is 0 Å². The summed E-state index contributed by atoms with van der Waals surface area (Å²) >= 11 is 1.43. The molecule has 6 nitrogen and oxygen atoms in total. The summed E-state index contributed by atoms with van der Waals surface area (Å²) in [5.74, 6) is 0.840. The SMILES string of the molecule is COc1ccc2nc(/N=C/c3nc(-c4ccccc4)oc3O)sc2c1. The lowest BCUT2D eigenvalue weighted by molar-refractivity contribution is 0.337. The predicted molar refractivity (Wildman–Crippen MR) is 97.0 cm³/mol. The number of thiazole rings is 1. The Hall–Kier alpha value is -3.19. The summed E-state index contributed by atoms with van der Waals surface area (Å²) in [5, 5.41) is 10.5. The summed E-state index contributed by atoms with van der Waals surface area (Å²) in [5.41, 5.74) is 1.88. The van der Waals surface area contributed by atoms with Crippen molar-refractivity contribution in [2.24, 2.45) is 4.99 Å². The Morgan fingerprint density at radius 1 is 1.16 bits per heavy atom. The number of hydrogen-bond donors (Lipinski definition) is 1. The first-order valence-corrected chi connectivity index (χ1v) is 8.28. The molecule has 1 N–H and O–H groups in total. The van der Waals surface area contributed by atoms with Crippen LogP contribution in [0.2, 0.25) is 0 Å². The first-order chi connectivity index (χ1) is 12.2. The molecule has 0 radical (unpaired) electrons. The average molecular weight is 351 g/mol. The van der Waals surface area contributed by atoms with Gasteiger partial charge in [0.1, 0.15) is 5.75 Å². The smallest absolute Gasteiger partial charge is 0.312 e. The second-order valence-electron chi connectivity index (χ2n) is 5.16. The second kappa shape index (κ2) is 6.37. The van der Waals surface area contributed by atoms with Crippen LogP contribution in [0.5, 0.6) is 11.7 Å². The number of benzene rings is 2. The third kappa shape index (κ3) is 3.09. The van der Waals surface area contributed by atoms with E-state index in [-0.39, 0.29) is 11.6 Å². The fraction of sp³-hybridized carbons (Fsp3) is 0.0556. The van der Waals surface area contributed by atoms with Crippen molar-refractivity contribution >= 4 is 32.9 Å². The molecule has 0 aliphatic heterocycles. The number of fused-ring (bicyclic) bond motifs is 1. The molecule has 0 spiro atoms. The molecule has 0 saturated carbocycles. The van der Waals surface area contributed by atoms with E-state index in [1.54, 1.807) is 7.11 Å². The van der Waals surface area contributed by atoms with Gasteiger partial charge in [0.15, 0.2) is 5.69 Å². The lowest BCUT2D eigenvalue weighted by atomic mass is 10.2. The molecule has 4 aromatic rings. The van der Waals surface area contributed by atoms with Gasteiger partial charge in [-0.1, -0.05) is 29.5 Å². The van der Waals surface area contributed by atoms with Crippen LogP contribution in [-0.2, 0) is 0 Å². The zero-order chi connectivity index (χ0) is 17.2. The molecule has 0 bridgehead atoms. The lowest BCUT2D eigenvalue weighted by Gasteiger charge is -1.96. The molecule has 0 aliphatic carbocycles. The Kier molecular flexibility index (Phi) is 3.91. The molecule has 7 heteroatoms. The number of hydrogen-bond acceptors (Lipinski definition) is 7. The highest BCUT2D eigenvalue weighted by atomic mass is 32.1. The van der Waals surface area contributed by atoms with Crippen LogP contribution in [0.25, 0.3) is 21.7 Å². The average Bonchev–Trinajstić information content (AvgIpc) is 3.22. The number of nitrogens with zero attached hydrogens (tertiary/aromatic N) is 3. The normalized spacial score (nSPS) is 11.4. The highest BCUT2D eigenvalue weighted by Gasteiger charge is 2.12. The number of aromatic nitrogens is 2. The maximum absolute atomic E-state index is 9.92. The van der Waals surface area contributed by atoms with Gasteiger partial charge in [0.05, 0.1) is 23.5 Å². The summed E-state index contributed by atoms with van der Waals surface area (Å²) < 4.78 is 11.5. The molecule has 124 valence electrons. The predicted octanol–water partition coefficient (Wildman–Crippen LogP) is 4.42. The molecule has 0 saturated heterocycles. The number of oxazole rings is 1. The van der Waals surface area contributed by atoms with Gasteiger partial charge < -0.3 is 14.3 Å². The van der Waals surface area contributed by atoms with E-state index in [9.17, 15) is 5.11 Å².